The molecular weight excluding hydrogens is 336 g/mol. The van der Waals surface area contributed by atoms with E-state index in [4.69, 9.17) is 16.3 Å². The van der Waals surface area contributed by atoms with Crippen molar-refractivity contribution < 1.29 is 9.53 Å². The van der Waals surface area contributed by atoms with Crippen molar-refractivity contribution >= 4 is 17.6 Å². The first-order chi connectivity index (χ1) is 12.2. The number of aryl methyl sites for hydroxylation is 1. The summed E-state index contributed by atoms with van der Waals surface area (Å²) in [7, 11) is 0. The highest BCUT2D eigenvalue weighted by atomic mass is 35.5. The minimum atomic E-state index is -0.232. The van der Waals surface area contributed by atoms with Gasteiger partial charge < -0.3 is 9.30 Å². The summed E-state index contributed by atoms with van der Waals surface area (Å²) in [5.41, 5.74) is 2.24. The van der Waals surface area contributed by atoms with Gasteiger partial charge in [0.2, 0.25) is 0 Å². The maximum Gasteiger partial charge on any atom is 0.306 e. The van der Waals surface area contributed by atoms with Crippen molar-refractivity contribution in [3.63, 3.8) is 0 Å². The molecule has 0 N–H and O–H groups in total. The fraction of sp³-hybridized carbons (Fsp3) is 0.200. The molecule has 0 atom stereocenters. The van der Waals surface area contributed by atoms with E-state index in [2.05, 4.69) is 17.1 Å². The van der Waals surface area contributed by atoms with Gasteiger partial charge in [-0.3, -0.25) is 4.79 Å². The van der Waals surface area contributed by atoms with Crippen LogP contribution in [0.3, 0.4) is 0 Å². The quantitative estimate of drug-likeness (QED) is 0.595. The van der Waals surface area contributed by atoms with Crippen molar-refractivity contribution in [1.29, 1.82) is 0 Å². The van der Waals surface area contributed by atoms with Crippen LogP contribution in [-0.4, -0.2) is 15.5 Å². The Kier molecular flexibility index (Phi) is 5.86. The number of imidazole rings is 1. The molecule has 3 rings (SSSR count). The number of rotatable bonds is 7. The second kappa shape index (κ2) is 8.49. The minimum Gasteiger partial charge on any atom is -0.457 e. The van der Waals surface area contributed by atoms with Gasteiger partial charge in [0.05, 0.1) is 0 Å². The van der Waals surface area contributed by atoms with E-state index in [1.807, 2.05) is 53.2 Å². The highest BCUT2D eigenvalue weighted by Crippen LogP contribution is 2.12. The number of benzene rings is 2. The van der Waals surface area contributed by atoms with Gasteiger partial charge in [-0.15, -0.1) is 0 Å². The van der Waals surface area contributed by atoms with E-state index in [0.717, 1.165) is 11.4 Å². The van der Waals surface area contributed by atoms with Crippen LogP contribution in [0.15, 0.2) is 67.0 Å². The first kappa shape index (κ1) is 17.2. The van der Waals surface area contributed by atoms with Gasteiger partial charge >= 0.3 is 5.97 Å². The molecule has 0 aliphatic carbocycles. The van der Waals surface area contributed by atoms with Crippen molar-refractivity contribution in [2.75, 3.05) is 0 Å². The molecule has 0 fully saturated rings. The van der Waals surface area contributed by atoms with Crippen molar-refractivity contribution in [3.8, 4) is 0 Å². The normalized spacial score (nSPS) is 10.6. The summed E-state index contributed by atoms with van der Waals surface area (Å²) >= 11 is 5.85. The number of ether oxygens (including phenoxy) is 1. The lowest BCUT2D eigenvalue weighted by atomic mass is 10.1. The fourth-order valence-electron chi connectivity index (χ4n) is 2.52. The monoisotopic (exact) mass is 354 g/mol. The van der Waals surface area contributed by atoms with Gasteiger partial charge in [0, 0.05) is 30.4 Å². The fourth-order valence-corrected chi connectivity index (χ4v) is 2.64. The first-order valence-electron chi connectivity index (χ1n) is 8.15. The van der Waals surface area contributed by atoms with Crippen LogP contribution < -0.4 is 0 Å². The van der Waals surface area contributed by atoms with E-state index in [1.165, 1.54) is 5.56 Å². The van der Waals surface area contributed by atoms with Crippen molar-refractivity contribution in [3.05, 3.63) is 89.0 Å². The zero-order valence-corrected chi connectivity index (χ0v) is 14.5. The predicted octanol–water partition coefficient (Wildman–Crippen LogP) is 4.26. The van der Waals surface area contributed by atoms with Crippen LogP contribution in [0.2, 0.25) is 5.02 Å². The molecule has 1 aromatic heterocycles. The van der Waals surface area contributed by atoms with E-state index in [-0.39, 0.29) is 12.6 Å². The molecule has 2 aromatic carbocycles. The molecule has 0 saturated heterocycles. The Morgan fingerprint density at radius 1 is 1.04 bits per heavy atom. The molecule has 25 heavy (non-hydrogen) atoms. The summed E-state index contributed by atoms with van der Waals surface area (Å²) in [5.74, 6) is 0.507. The third-order valence-electron chi connectivity index (χ3n) is 3.89. The molecule has 0 bridgehead atoms. The third-order valence-corrected chi connectivity index (χ3v) is 4.14. The van der Waals surface area contributed by atoms with Crippen LogP contribution in [0.1, 0.15) is 23.4 Å². The summed E-state index contributed by atoms with van der Waals surface area (Å²) in [6.45, 7) is 0.887. The molecule has 128 valence electrons. The molecule has 0 radical (unpaired) electrons. The molecular formula is C20H19ClN2O2. The lowest BCUT2D eigenvalue weighted by Gasteiger charge is -2.09. The Balaban J connectivity index is 1.49. The summed E-state index contributed by atoms with van der Waals surface area (Å²) in [4.78, 5) is 16.2. The summed E-state index contributed by atoms with van der Waals surface area (Å²) in [5, 5.41) is 0.691. The SMILES string of the molecule is O=C(CCc1ccc(Cl)cc1)OCc1nccn1Cc1ccccc1. The van der Waals surface area contributed by atoms with E-state index in [0.29, 0.717) is 24.4 Å². The van der Waals surface area contributed by atoms with Crippen LogP contribution in [0.4, 0.5) is 0 Å². The molecule has 0 amide bonds. The van der Waals surface area contributed by atoms with E-state index >= 15 is 0 Å². The molecule has 0 unspecified atom stereocenters. The van der Waals surface area contributed by atoms with E-state index in [1.54, 1.807) is 6.20 Å². The molecule has 0 aliphatic rings. The van der Waals surface area contributed by atoms with Crippen molar-refractivity contribution in [2.24, 2.45) is 0 Å². The number of carbonyl (C=O) groups excluding carboxylic acids is 1. The number of halogens is 1. The van der Waals surface area contributed by atoms with Gasteiger partial charge in [-0.1, -0.05) is 54.1 Å². The standard InChI is InChI=1S/C20H19ClN2O2/c21-18-9-6-16(7-10-18)8-11-20(24)25-15-19-22-12-13-23(19)14-17-4-2-1-3-5-17/h1-7,9-10,12-13H,8,11,14-15H2. The zero-order chi connectivity index (χ0) is 17.5. The second-order valence-corrected chi connectivity index (χ2v) is 6.18. The zero-order valence-electron chi connectivity index (χ0n) is 13.8. The predicted molar refractivity (Wildman–Crippen MR) is 97.3 cm³/mol. The summed E-state index contributed by atoms with van der Waals surface area (Å²) in [6.07, 6.45) is 4.58. The molecule has 4 nitrogen and oxygen atoms in total. The van der Waals surface area contributed by atoms with Crippen LogP contribution in [0.25, 0.3) is 0 Å². The van der Waals surface area contributed by atoms with Crippen molar-refractivity contribution in [1.82, 2.24) is 9.55 Å². The molecule has 0 spiro atoms. The van der Waals surface area contributed by atoms with Gasteiger partial charge in [0.1, 0.15) is 12.4 Å². The highest BCUT2D eigenvalue weighted by Gasteiger charge is 2.08. The van der Waals surface area contributed by atoms with E-state index < -0.39 is 0 Å². The number of nitrogens with zero attached hydrogens (tertiary/aromatic N) is 2. The van der Waals surface area contributed by atoms with Gasteiger partial charge in [-0.05, 0) is 29.7 Å². The maximum atomic E-state index is 12.0. The number of aromatic nitrogens is 2. The smallest absolute Gasteiger partial charge is 0.306 e. The molecule has 0 aliphatic heterocycles. The van der Waals surface area contributed by atoms with Gasteiger partial charge in [0.25, 0.3) is 0 Å². The Labute approximate surface area is 152 Å². The number of esters is 1. The van der Waals surface area contributed by atoms with Gasteiger partial charge in [0.15, 0.2) is 0 Å². The molecule has 0 saturated carbocycles. The molecule has 5 heteroatoms. The summed E-state index contributed by atoms with van der Waals surface area (Å²) < 4.78 is 7.35. The average Bonchev–Trinajstić information content (AvgIpc) is 3.07. The van der Waals surface area contributed by atoms with Crippen LogP contribution in [-0.2, 0) is 29.1 Å². The lowest BCUT2D eigenvalue weighted by Crippen LogP contribution is -2.10. The van der Waals surface area contributed by atoms with Gasteiger partial charge in [-0.2, -0.15) is 0 Å². The third kappa shape index (κ3) is 5.19. The highest BCUT2D eigenvalue weighted by molar-refractivity contribution is 6.30. The number of hydrogen-bond donors (Lipinski definition) is 0. The minimum absolute atomic E-state index is 0.180. The Hall–Kier alpha value is -2.59. The van der Waals surface area contributed by atoms with E-state index in [9.17, 15) is 4.79 Å². The van der Waals surface area contributed by atoms with Crippen molar-refractivity contribution in [2.45, 2.75) is 26.0 Å². The van der Waals surface area contributed by atoms with Crippen LogP contribution in [0, 0.1) is 0 Å². The average molecular weight is 355 g/mol. The second-order valence-electron chi connectivity index (χ2n) is 5.74. The largest absolute Gasteiger partial charge is 0.457 e. The Morgan fingerprint density at radius 3 is 2.56 bits per heavy atom. The lowest BCUT2D eigenvalue weighted by molar-refractivity contribution is -0.145. The van der Waals surface area contributed by atoms with Crippen LogP contribution in [0.5, 0.6) is 0 Å². The maximum absolute atomic E-state index is 12.0. The summed E-state index contributed by atoms with van der Waals surface area (Å²) in [6, 6.07) is 17.6. The first-order valence-corrected chi connectivity index (χ1v) is 8.52. The van der Waals surface area contributed by atoms with Crippen LogP contribution >= 0.6 is 11.6 Å². The topological polar surface area (TPSA) is 44.1 Å². The Bertz CT molecular complexity index is 813. The van der Waals surface area contributed by atoms with Gasteiger partial charge in [-0.25, -0.2) is 4.98 Å². The number of hydrogen-bond acceptors (Lipinski definition) is 3. The number of carbonyl (C=O) groups is 1. The molecule has 3 aromatic rings. The molecule has 1 heterocycles. The Morgan fingerprint density at radius 2 is 1.80 bits per heavy atom.